The predicted octanol–water partition coefficient (Wildman–Crippen LogP) is 5.43. The van der Waals surface area contributed by atoms with E-state index in [9.17, 15) is 0 Å². The molecule has 0 fully saturated rings. The van der Waals surface area contributed by atoms with Crippen LogP contribution >= 0.6 is 31.9 Å². The van der Waals surface area contributed by atoms with Gasteiger partial charge in [0.1, 0.15) is 0 Å². The van der Waals surface area contributed by atoms with Gasteiger partial charge in [-0.25, -0.2) is 0 Å². The summed E-state index contributed by atoms with van der Waals surface area (Å²) in [5, 5.41) is 2.81. The van der Waals surface area contributed by atoms with E-state index in [2.05, 4.69) is 45.7 Å². The second-order valence-electron chi connectivity index (χ2n) is 4.02. The van der Waals surface area contributed by atoms with Gasteiger partial charge in [-0.05, 0) is 0 Å². The average Bonchev–Trinajstić information content (AvgIpc) is 2.23. The molecule has 0 aliphatic carbocycles. The first-order chi connectivity index (χ1) is 7.20. The normalized spacial score (nSPS) is 15.2. The molecule has 0 aliphatic heterocycles. The number of rotatable bonds is 10. The van der Waals surface area contributed by atoms with Crippen LogP contribution in [0.25, 0.3) is 0 Å². The maximum atomic E-state index is 3.78. The van der Waals surface area contributed by atoms with Crippen LogP contribution in [0.5, 0.6) is 0 Å². The molecule has 0 bridgehead atoms. The van der Waals surface area contributed by atoms with E-state index in [4.69, 9.17) is 0 Å². The Morgan fingerprint density at radius 1 is 0.867 bits per heavy atom. The van der Waals surface area contributed by atoms with Crippen molar-refractivity contribution in [2.45, 2.75) is 72.7 Å². The van der Waals surface area contributed by atoms with E-state index in [-0.39, 0.29) is 0 Å². The van der Waals surface area contributed by atoms with Crippen molar-refractivity contribution < 1.29 is 0 Å². The first-order valence-corrected chi connectivity index (χ1v) is 10.3. The van der Waals surface area contributed by atoms with E-state index >= 15 is 0 Å². The van der Waals surface area contributed by atoms with Gasteiger partial charge in [-0.15, -0.1) is 0 Å². The van der Waals surface area contributed by atoms with Gasteiger partial charge in [0.05, 0.1) is 0 Å². The van der Waals surface area contributed by atoms with Crippen LogP contribution in [0.2, 0.25) is 10.6 Å². The van der Waals surface area contributed by atoms with E-state index in [0.717, 1.165) is 24.6 Å². The number of alkyl halides is 2. The molecular weight excluding hydrogens is 383 g/mol. The van der Waals surface area contributed by atoms with Crippen LogP contribution in [0.4, 0.5) is 0 Å². The van der Waals surface area contributed by atoms with E-state index in [1.54, 1.807) is 0 Å². The van der Waals surface area contributed by atoms with Crippen molar-refractivity contribution in [1.29, 1.82) is 0 Å². The Morgan fingerprint density at radius 3 is 1.60 bits per heavy atom. The van der Waals surface area contributed by atoms with Gasteiger partial charge in [-0.1, -0.05) is 0 Å². The van der Waals surface area contributed by atoms with Gasteiger partial charge in [0.25, 0.3) is 0 Å². The molecule has 0 spiro atoms. The molecule has 0 amide bonds. The van der Waals surface area contributed by atoms with Crippen molar-refractivity contribution in [1.82, 2.24) is 0 Å². The Bertz CT molecular complexity index is 117. The van der Waals surface area contributed by atoms with Crippen LogP contribution in [-0.4, -0.2) is 24.6 Å². The summed E-state index contributed by atoms with van der Waals surface area (Å²) in [6.45, 7) is 4.54. The number of halogens is 2. The third kappa shape index (κ3) is 11.7. The van der Waals surface area contributed by atoms with Crippen LogP contribution in [0.3, 0.4) is 0 Å². The van der Waals surface area contributed by atoms with Crippen molar-refractivity contribution in [2.75, 3.05) is 0 Å². The minimum atomic E-state index is 0.781. The number of hydrogen-bond donors (Lipinski definition) is 0. The zero-order valence-corrected chi connectivity index (χ0v) is 14.9. The summed E-state index contributed by atoms with van der Waals surface area (Å²) < 4.78 is 0. The molecule has 3 heteroatoms. The van der Waals surface area contributed by atoms with Crippen molar-refractivity contribution in [3.63, 3.8) is 0 Å². The molecule has 0 nitrogen and oxygen atoms in total. The maximum absolute atomic E-state index is 3.78. The Kier molecular flexibility index (Phi) is 13.1. The second kappa shape index (κ2) is 12.0. The van der Waals surface area contributed by atoms with E-state index in [0.29, 0.717) is 0 Å². The Labute approximate surface area is 119 Å². The summed E-state index contributed by atoms with van der Waals surface area (Å²) in [5.41, 5.74) is 0. The van der Waals surface area contributed by atoms with E-state index in [1.807, 2.05) is 0 Å². The van der Waals surface area contributed by atoms with Crippen molar-refractivity contribution in [3.05, 3.63) is 0 Å². The molecule has 0 rings (SSSR count). The van der Waals surface area contributed by atoms with Crippen LogP contribution in [-0.2, 0) is 0 Å². The molecule has 0 aliphatic rings. The molecule has 0 aromatic rings. The fraction of sp³-hybridized carbons (Fsp3) is 1.00. The summed E-state index contributed by atoms with van der Waals surface area (Å²) in [6, 6.07) is 0. The Hall–Kier alpha value is 1.48. The summed E-state index contributed by atoms with van der Waals surface area (Å²) >= 11 is 8.39. The fourth-order valence-corrected chi connectivity index (χ4v) is 5.99. The third-order valence-electron chi connectivity index (χ3n) is 2.34. The van der Waals surface area contributed by atoms with Gasteiger partial charge < -0.3 is 0 Å². The van der Waals surface area contributed by atoms with Gasteiger partial charge in [0.2, 0.25) is 0 Å². The monoisotopic (exact) mass is 406 g/mol. The zero-order valence-electron chi connectivity index (χ0n) is 9.98. The molecular formula is C12H24Br2Se. The van der Waals surface area contributed by atoms with Crippen LogP contribution < -0.4 is 0 Å². The molecule has 0 aromatic heterocycles. The molecule has 92 valence electrons. The third-order valence-corrected chi connectivity index (χ3v) is 8.51. The SMILES string of the molecule is CCCCC(Br)C[Se]CC(Br)CCCC. The second-order valence-corrected chi connectivity index (χ2v) is 8.86. The first-order valence-electron chi connectivity index (χ1n) is 6.06. The molecule has 0 aromatic carbocycles. The molecule has 0 saturated heterocycles. The summed E-state index contributed by atoms with van der Waals surface area (Å²) in [7, 11) is 0. The molecule has 15 heavy (non-hydrogen) atoms. The Morgan fingerprint density at radius 2 is 1.27 bits per heavy atom. The standard InChI is InChI=1S/C12H24Br2Se/c1-3-5-7-11(13)9-15-10-12(14)8-6-4-2/h11-12H,3-10H2,1-2H3. The van der Waals surface area contributed by atoms with Gasteiger partial charge in [0.15, 0.2) is 0 Å². The van der Waals surface area contributed by atoms with Gasteiger partial charge in [-0.2, -0.15) is 0 Å². The molecule has 2 atom stereocenters. The first kappa shape index (κ1) is 16.5. The van der Waals surface area contributed by atoms with E-state index in [1.165, 1.54) is 49.2 Å². The van der Waals surface area contributed by atoms with Crippen LogP contribution in [0.15, 0.2) is 0 Å². The quantitative estimate of drug-likeness (QED) is 0.335. The van der Waals surface area contributed by atoms with Gasteiger partial charge >= 0.3 is 119 Å². The molecule has 0 saturated carbocycles. The molecule has 0 N–H and O–H groups in total. The van der Waals surface area contributed by atoms with Gasteiger partial charge in [-0.3, -0.25) is 0 Å². The molecule has 0 heterocycles. The summed E-state index contributed by atoms with van der Waals surface area (Å²) in [4.78, 5) is 1.56. The van der Waals surface area contributed by atoms with Gasteiger partial charge in [0, 0.05) is 0 Å². The predicted molar refractivity (Wildman–Crippen MR) is 79.8 cm³/mol. The van der Waals surface area contributed by atoms with Crippen molar-refractivity contribution >= 4 is 46.8 Å². The molecule has 2 unspecified atom stereocenters. The van der Waals surface area contributed by atoms with E-state index < -0.39 is 0 Å². The summed E-state index contributed by atoms with van der Waals surface area (Å²) in [5.74, 6) is 0. The van der Waals surface area contributed by atoms with Crippen LogP contribution in [0.1, 0.15) is 52.4 Å². The average molecular weight is 407 g/mol. The van der Waals surface area contributed by atoms with Crippen molar-refractivity contribution in [2.24, 2.45) is 0 Å². The van der Waals surface area contributed by atoms with Crippen LogP contribution in [0, 0.1) is 0 Å². The zero-order chi connectivity index (χ0) is 11.5. The Balaban J connectivity index is 3.27. The molecule has 0 radical (unpaired) electrons. The van der Waals surface area contributed by atoms with Crippen molar-refractivity contribution in [3.8, 4) is 0 Å². The number of hydrogen-bond acceptors (Lipinski definition) is 0. The minimum absolute atomic E-state index is 0.781. The summed E-state index contributed by atoms with van der Waals surface area (Å²) in [6.07, 6.45) is 8.12. The topological polar surface area (TPSA) is 0 Å². The fourth-order valence-electron chi connectivity index (χ4n) is 1.34. The number of unbranched alkanes of at least 4 members (excludes halogenated alkanes) is 2.